The summed E-state index contributed by atoms with van der Waals surface area (Å²) in [5, 5.41) is 11.9. The molecule has 0 aromatic heterocycles. The molecule has 1 N–H and O–H groups in total. The predicted octanol–water partition coefficient (Wildman–Crippen LogP) is 5.48. The Balaban J connectivity index is 1.57. The summed E-state index contributed by atoms with van der Waals surface area (Å²) in [6.07, 6.45) is 1.88. The maximum Gasteiger partial charge on any atom is 0.338 e. The molecule has 160 valence electrons. The van der Waals surface area contributed by atoms with E-state index in [4.69, 9.17) is 9.47 Å². The number of esters is 1. The van der Waals surface area contributed by atoms with Gasteiger partial charge in [0.25, 0.3) is 0 Å². The fraction of sp³-hybridized carbons (Fsp3) is 0.296. The minimum Gasteiger partial charge on any atom is -0.489 e. The lowest BCUT2D eigenvalue weighted by Gasteiger charge is -2.36. The van der Waals surface area contributed by atoms with E-state index in [1.807, 2.05) is 66.7 Å². The topological polar surface area (TPSA) is 55.8 Å². The van der Waals surface area contributed by atoms with Gasteiger partial charge in [-0.2, -0.15) is 0 Å². The van der Waals surface area contributed by atoms with Gasteiger partial charge in [-0.3, -0.25) is 0 Å². The fourth-order valence-corrected chi connectivity index (χ4v) is 4.01. The molecule has 31 heavy (non-hydrogen) atoms. The molecule has 0 bridgehead atoms. The van der Waals surface area contributed by atoms with Gasteiger partial charge in [-0.1, -0.05) is 61.5 Å². The molecule has 1 aliphatic rings. The van der Waals surface area contributed by atoms with Crippen molar-refractivity contribution in [1.82, 2.24) is 0 Å². The van der Waals surface area contributed by atoms with Gasteiger partial charge in [-0.25, -0.2) is 4.79 Å². The number of hydrogen-bond acceptors (Lipinski definition) is 4. The Labute approximate surface area is 183 Å². The van der Waals surface area contributed by atoms with Gasteiger partial charge in [-0.15, -0.1) is 0 Å². The molecule has 0 amide bonds. The maximum absolute atomic E-state index is 12.0. The molecule has 4 nitrogen and oxygen atoms in total. The molecule has 4 rings (SSSR count). The Bertz CT molecular complexity index is 1020. The van der Waals surface area contributed by atoms with Crippen LogP contribution in [0.3, 0.4) is 0 Å². The maximum atomic E-state index is 12.0. The second-order valence-corrected chi connectivity index (χ2v) is 8.37. The Morgan fingerprint density at radius 2 is 1.52 bits per heavy atom. The third kappa shape index (κ3) is 4.21. The summed E-state index contributed by atoms with van der Waals surface area (Å²) in [5.41, 5.74) is 1.80. The second kappa shape index (κ2) is 8.56. The highest BCUT2D eigenvalue weighted by molar-refractivity contribution is 5.89. The molecule has 1 unspecified atom stereocenters. The highest BCUT2D eigenvalue weighted by atomic mass is 16.5. The van der Waals surface area contributed by atoms with E-state index in [0.717, 1.165) is 35.3 Å². The standard InChI is InChI=1S/C27H28O4/c1-3-30-25(28)21-9-11-22(12-10-21)27(29,26(2)17-18-26)23-13-15-24(16-14-23)31-19-20-7-5-4-6-8-20/h4-16,29H,3,17-19H2,1-2H3. The number of carbonyl (C=O) groups excluding carboxylic acids is 1. The number of hydrogen-bond donors (Lipinski definition) is 1. The molecule has 0 heterocycles. The SMILES string of the molecule is CCOC(=O)c1ccc(C(O)(c2ccc(OCc3ccccc3)cc2)C2(C)CC2)cc1. The Morgan fingerprint density at radius 1 is 0.935 bits per heavy atom. The van der Waals surface area contributed by atoms with Gasteiger partial charge < -0.3 is 14.6 Å². The van der Waals surface area contributed by atoms with E-state index < -0.39 is 5.60 Å². The van der Waals surface area contributed by atoms with E-state index in [1.165, 1.54) is 0 Å². The van der Waals surface area contributed by atoms with Crippen LogP contribution in [0.5, 0.6) is 5.75 Å². The Morgan fingerprint density at radius 3 is 2.06 bits per heavy atom. The molecule has 1 aliphatic carbocycles. The first-order chi connectivity index (χ1) is 15.0. The van der Waals surface area contributed by atoms with Crippen molar-refractivity contribution in [2.45, 2.75) is 38.9 Å². The average Bonchev–Trinajstić information content (AvgIpc) is 3.57. The lowest BCUT2D eigenvalue weighted by Crippen LogP contribution is -2.36. The number of benzene rings is 3. The van der Waals surface area contributed by atoms with E-state index in [2.05, 4.69) is 6.92 Å². The summed E-state index contributed by atoms with van der Waals surface area (Å²) in [6, 6.07) is 24.8. The van der Waals surface area contributed by atoms with Gasteiger partial charge in [0.05, 0.1) is 12.2 Å². The lowest BCUT2D eigenvalue weighted by molar-refractivity contribution is 0.00964. The smallest absolute Gasteiger partial charge is 0.338 e. The highest BCUT2D eigenvalue weighted by Crippen LogP contribution is 2.60. The van der Waals surface area contributed by atoms with Crippen LogP contribution in [0, 0.1) is 5.41 Å². The summed E-state index contributed by atoms with van der Waals surface area (Å²) >= 11 is 0. The summed E-state index contributed by atoms with van der Waals surface area (Å²) in [7, 11) is 0. The molecule has 0 saturated heterocycles. The average molecular weight is 417 g/mol. The van der Waals surface area contributed by atoms with Crippen LogP contribution < -0.4 is 4.74 Å². The largest absolute Gasteiger partial charge is 0.489 e. The first-order valence-corrected chi connectivity index (χ1v) is 10.7. The zero-order valence-corrected chi connectivity index (χ0v) is 18.0. The van der Waals surface area contributed by atoms with Gasteiger partial charge >= 0.3 is 5.97 Å². The van der Waals surface area contributed by atoms with Gasteiger partial charge in [0.1, 0.15) is 18.0 Å². The van der Waals surface area contributed by atoms with Crippen LogP contribution in [0.2, 0.25) is 0 Å². The van der Waals surface area contributed by atoms with Crippen molar-refractivity contribution in [3.8, 4) is 5.75 Å². The Kier molecular flexibility index (Phi) is 5.84. The van der Waals surface area contributed by atoms with Crippen molar-refractivity contribution >= 4 is 5.97 Å². The van der Waals surface area contributed by atoms with Gasteiger partial charge in [0.15, 0.2) is 0 Å². The van der Waals surface area contributed by atoms with E-state index in [0.29, 0.717) is 18.8 Å². The molecule has 4 heteroatoms. The second-order valence-electron chi connectivity index (χ2n) is 8.37. The minimum atomic E-state index is -1.14. The molecular weight excluding hydrogens is 388 g/mol. The van der Waals surface area contributed by atoms with Gasteiger partial charge in [0.2, 0.25) is 0 Å². The van der Waals surface area contributed by atoms with E-state index in [-0.39, 0.29) is 11.4 Å². The molecule has 0 aliphatic heterocycles. The van der Waals surface area contributed by atoms with E-state index in [1.54, 1.807) is 19.1 Å². The molecule has 0 spiro atoms. The quantitative estimate of drug-likeness (QED) is 0.494. The van der Waals surface area contributed by atoms with Crippen LogP contribution in [0.25, 0.3) is 0 Å². The summed E-state index contributed by atoms with van der Waals surface area (Å²) in [4.78, 5) is 12.0. The van der Waals surface area contributed by atoms with Crippen molar-refractivity contribution in [3.63, 3.8) is 0 Å². The summed E-state index contributed by atoms with van der Waals surface area (Å²) < 4.78 is 11.0. The van der Waals surface area contributed by atoms with Crippen LogP contribution in [0.15, 0.2) is 78.9 Å². The third-order valence-electron chi connectivity index (χ3n) is 6.21. The Hall–Kier alpha value is -3.11. The van der Waals surface area contributed by atoms with Crippen molar-refractivity contribution in [1.29, 1.82) is 0 Å². The van der Waals surface area contributed by atoms with Gasteiger partial charge in [0, 0.05) is 5.41 Å². The molecule has 3 aromatic rings. The van der Waals surface area contributed by atoms with Crippen molar-refractivity contribution < 1.29 is 19.4 Å². The lowest BCUT2D eigenvalue weighted by atomic mass is 9.74. The summed E-state index contributed by atoms with van der Waals surface area (Å²) in [6.45, 7) is 4.72. The van der Waals surface area contributed by atoms with E-state index >= 15 is 0 Å². The first-order valence-electron chi connectivity index (χ1n) is 10.7. The molecule has 0 radical (unpaired) electrons. The predicted molar refractivity (Wildman–Crippen MR) is 120 cm³/mol. The minimum absolute atomic E-state index is 0.245. The van der Waals surface area contributed by atoms with Crippen LogP contribution in [0.4, 0.5) is 0 Å². The summed E-state index contributed by atoms with van der Waals surface area (Å²) in [5.74, 6) is 0.406. The number of rotatable bonds is 8. The molecule has 1 saturated carbocycles. The fourth-order valence-electron chi connectivity index (χ4n) is 4.01. The molecular formula is C27H28O4. The van der Waals surface area contributed by atoms with Crippen LogP contribution >= 0.6 is 0 Å². The zero-order chi connectivity index (χ0) is 21.9. The first kappa shape index (κ1) is 21.1. The van der Waals surface area contributed by atoms with E-state index in [9.17, 15) is 9.90 Å². The van der Waals surface area contributed by atoms with Crippen LogP contribution in [-0.2, 0) is 16.9 Å². The normalized spacial score (nSPS) is 16.2. The number of carbonyl (C=O) groups is 1. The van der Waals surface area contributed by atoms with Crippen molar-refractivity contribution in [2.24, 2.45) is 5.41 Å². The monoisotopic (exact) mass is 416 g/mol. The number of ether oxygens (including phenoxy) is 2. The van der Waals surface area contributed by atoms with Crippen molar-refractivity contribution in [2.75, 3.05) is 6.61 Å². The molecule has 1 atom stereocenters. The highest BCUT2D eigenvalue weighted by Gasteiger charge is 2.56. The number of aliphatic hydroxyl groups is 1. The third-order valence-corrected chi connectivity index (χ3v) is 6.21. The van der Waals surface area contributed by atoms with Crippen LogP contribution in [-0.4, -0.2) is 17.7 Å². The molecule has 3 aromatic carbocycles. The van der Waals surface area contributed by atoms with Gasteiger partial charge in [-0.05, 0) is 60.7 Å². The molecule has 1 fully saturated rings. The van der Waals surface area contributed by atoms with Crippen molar-refractivity contribution in [3.05, 3.63) is 101 Å². The van der Waals surface area contributed by atoms with Crippen LogP contribution in [0.1, 0.15) is 53.7 Å². The zero-order valence-electron chi connectivity index (χ0n) is 18.0.